The van der Waals surface area contributed by atoms with E-state index in [2.05, 4.69) is 11.2 Å². The summed E-state index contributed by atoms with van der Waals surface area (Å²) in [6.45, 7) is 6.13. The molecule has 2 N–H and O–H groups in total. The van der Waals surface area contributed by atoms with E-state index in [4.69, 9.17) is 11.0 Å². The van der Waals surface area contributed by atoms with Crippen LogP contribution in [0.1, 0.15) is 57.2 Å². The fraction of sp³-hybridized carbons (Fsp3) is 0.667. The summed E-state index contributed by atoms with van der Waals surface area (Å²) in [6, 6.07) is 2.20. The number of nitrogen functional groups attached to an aromatic ring is 1. The quantitative estimate of drug-likeness (QED) is 0.786. The van der Waals surface area contributed by atoms with Crippen LogP contribution in [0.2, 0.25) is 0 Å². The Morgan fingerprint density at radius 3 is 2.44 bits per heavy atom. The van der Waals surface area contributed by atoms with E-state index in [0.717, 1.165) is 18.5 Å². The van der Waals surface area contributed by atoms with Crippen LogP contribution < -0.4 is 5.73 Å². The van der Waals surface area contributed by atoms with Gasteiger partial charge in [-0.15, -0.1) is 0 Å². The lowest BCUT2D eigenvalue weighted by molar-refractivity contribution is 0.346. The van der Waals surface area contributed by atoms with E-state index in [9.17, 15) is 0 Å². The molecule has 0 bridgehead atoms. The van der Waals surface area contributed by atoms with Gasteiger partial charge in [0, 0.05) is 5.92 Å². The largest absolute Gasteiger partial charge is 0.383 e. The van der Waals surface area contributed by atoms with Crippen molar-refractivity contribution in [1.29, 1.82) is 5.26 Å². The Balaban J connectivity index is 2.50. The molecule has 0 unspecified atom stereocenters. The minimum Gasteiger partial charge on any atom is -0.383 e. The first kappa shape index (κ1) is 11.0. The smallest absolute Gasteiger partial charge is 0.140 e. The molecule has 0 saturated heterocycles. The van der Waals surface area contributed by atoms with Gasteiger partial charge in [-0.05, 0) is 33.6 Å². The molecule has 1 aromatic heterocycles. The molecular formula is C12H18N4. The second-order valence-electron chi connectivity index (χ2n) is 5.47. The summed E-state index contributed by atoms with van der Waals surface area (Å²) < 4.78 is 1.78. The molecular weight excluding hydrogens is 200 g/mol. The molecule has 4 heteroatoms. The van der Waals surface area contributed by atoms with Gasteiger partial charge in [-0.3, -0.25) is 0 Å². The topological polar surface area (TPSA) is 67.6 Å². The lowest BCUT2D eigenvalue weighted by Crippen LogP contribution is -2.25. The molecule has 16 heavy (non-hydrogen) atoms. The molecule has 1 aliphatic carbocycles. The summed E-state index contributed by atoms with van der Waals surface area (Å²) in [6.07, 6.45) is 3.50. The van der Waals surface area contributed by atoms with E-state index in [1.165, 1.54) is 6.42 Å². The molecule has 0 amide bonds. The Morgan fingerprint density at radius 2 is 2.06 bits per heavy atom. The monoisotopic (exact) mass is 218 g/mol. The average Bonchev–Trinajstić information content (AvgIpc) is 2.39. The number of anilines is 1. The summed E-state index contributed by atoms with van der Waals surface area (Å²) in [5, 5.41) is 13.7. The van der Waals surface area contributed by atoms with E-state index >= 15 is 0 Å². The minimum atomic E-state index is -0.169. The second kappa shape index (κ2) is 3.51. The number of nitrogens with two attached hydrogens (primary N) is 1. The van der Waals surface area contributed by atoms with Crippen LogP contribution in [0.25, 0.3) is 0 Å². The summed E-state index contributed by atoms with van der Waals surface area (Å²) in [7, 11) is 0. The number of hydrogen-bond donors (Lipinski definition) is 1. The van der Waals surface area contributed by atoms with Gasteiger partial charge >= 0.3 is 0 Å². The third-order valence-corrected chi connectivity index (χ3v) is 3.19. The highest BCUT2D eigenvalue weighted by molar-refractivity contribution is 5.54. The van der Waals surface area contributed by atoms with Crippen LogP contribution in [0, 0.1) is 11.3 Å². The molecule has 1 heterocycles. The van der Waals surface area contributed by atoms with Gasteiger partial charge in [0.15, 0.2) is 0 Å². The molecule has 1 saturated carbocycles. The van der Waals surface area contributed by atoms with Crippen LogP contribution in [0.15, 0.2) is 0 Å². The van der Waals surface area contributed by atoms with Gasteiger partial charge in [-0.2, -0.15) is 10.4 Å². The molecule has 2 rings (SSSR count). The maximum atomic E-state index is 9.16. The highest BCUT2D eigenvalue weighted by Crippen LogP contribution is 2.39. The standard InChI is InChI=1S/C12H18N4/c1-12(2,3)16-11(14)9(7-13)10(15-16)8-5-4-6-8/h8H,4-6,14H2,1-3H3. The lowest BCUT2D eigenvalue weighted by Gasteiger charge is -2.24. The van der Waals surface area contributed by atoms with Crippen LogP contribution in [0.3, 0.4) is 0 Å². The number of hydrogen-bond acceptors (Lipinski definition) is 3. The van der Waals surface area contributed by atoms with Gasteiger partial charge in [0.05, 0.1) is 11.2 Å². The van der Waals surface area contributed by atoms with Crippen molar-refractivity contribution < 1.29 is 0 Å². The van der Waals surface area contributed by atoms with E-state index in [1.807, 2.05) is 20.8 Å². The van der Waals surface area contributed by atoms with Gasteiger partial charge in [0.1, 0.15) is 17.5 Å². The van der Waals surface area contributed by atoms with E-state index in [1.54, 1.807) is 4.68 Å². The Bertz CT molecular complexity index is 441. The Kier molecular flexibility index (Phi) is 2.42. The van der Waals surface area contributed by atoms with Gasteiger partial charge in [0.25, 0.3) is 0 Å². The van der Waals surface area contributed by atoms with Gasteiger partial charge in [-0.25, -0.2) is 4.68 Å². The van der Waals surface area contributed by atoms with Gasteiger partial charge in [0.2, 0.25) is 0 Å². The van der Waals surface area contributed by atoms with Crippen molar-refractivity contribution in [2.24, 2.45) is 0 Å². The number of aromatic nitrogens is 2. The highest BCUT2D eigenvalue weighted by atomic mass is 15.4. The molecule has 0 spiro atoms. The molecule has 1 fully saturated rings. The third kappa shape index (κ3) is 1.57. The van der Waals surface area contributed by atoms with Crippen LogP contribution >= 0.6 is 0 Å². The predicted octanol–water partition coefficient (Wildman–Crippen LogP) is 2.36. The Labute approximate surface area is 96.0 Å². The van der Waals surface area contributed by atoms with Crippen LogP contribution in [0.4, 0.5) is 5.82 Å². The predicted molar refractivity (Wildman–Crippen MR) is 62.9 cm³/mol. The summed E-state index contributed by atoms with van der Waals surface area (Å²) in [4.78, 5) is 0. The maximum absolute atomic E-state index is 9.16. The molecule has 0 aliphatic heterocycles. The van der Waals surface area contributed by atoms with E-state index < -0.39 is 0 Å². The first-order valence-corrected chi connectivity index (χ1v) is 5.74. The van der Waals surface area contributed by atoms with Gasteiger partial charge < -0.3 is 5.73 Å². The number of nitriles is 1. The fourth-order valence-corrected chi connectivity index (χ4v) is 2.04. The summed E-state index contributed by atoms with van der Waals surface area (Å²) in [5.41, 5.74) is 7.31. The summed E-state index contributed by atoms with van der Waals surface area (Å²) >= 11 is 0. The zero-order valence-corrected chi connectivity index (χ0v) is 10.1. The molecule has 0 radical (unpaired) electrons. The Hall–Kier alpha value is -1.50. The van der Waals surface area contributed by atoms with Crippen LogP contribution in [-0.4, -0.2) is 9.78 Å². The molecule has 4 nitrogen and oxygen atoms in total. The van der Waals surface area contributed by atoms with Crippen molar-refractivity contribution in [1.82, 2.24) is 9.78 Å². The normalized spacial score (nSPS) is 16.9. The molecule has 86 valence electrons. The lowest BCUT2D eigenvalue weighted by atomic mass is 9.82. The van der Waals surface area contributed by atoms with E-state index in [0.29, 0.717) is 17.3 Å². The zero-order chi connectivity index (χ0) is 11.9. The van der Waals surface area contributed by atoms with E-state index in [-0.39, 0.29) is 5.54 Å². The van der Waals surface area contributed by atoms with Crippen molar-refractivity contribution in [2.45, 2.75) is 51.5 Å². The fourth-order valence-electron chi connectivity index (χ4n) is 2.04. The summed E-state index contributed by atoms with van der Waals surface area (Å²) in [5.74, 6) is 0.956. The third-order valence-electron chi connectivity index (χ3n) is 3.19. The average molecular weight is 218 g/mol. The SMILES string of the molecule is CC(C)(C)n1nc(C2CCC2)c(C#N)c1N. The first-order valence-electron chi connectivity index (χ1n) is 5.74. The van der Waals surface area contributed by atoms with Crippen molar-refractivity contribution >= 4 is 5.82 Å². The first-order chi connectivity index (χ1) is 7.45. The molecule has 1 aliphatic rings. The number of nitrogens with zero attached hydrogens (tertiary/aromatic N) is 3. The molecule has 0 atom stereocenters. The van der Waals surface area contributed by atoms with Crippen LogP contribution in [0.5, 0.6) is 0 Å². The minimum absolute atomic E-state index is 0.169. The second-order valence-corrected chi connectivity index (χ2v) is 5.47. The molecule has 1 aromatic rings. The van der Waals surface area contributed by atoms with Crippen molar-refractivity contribution in [3.05, 3.63) is 11.3 Å². The number of rotatable bonds is 1. The van der Waals surface area contributed by atoms with Crippen molar-refractivity contribution in [2.75, 3.05) is 5.73 Å². The van der Waals surface area contributed by atoms with Crippen molar-refractivity contribution in [3.8, 4) is 6.07 Å². The van der Waals surface area contributed by atoms with Crippen molar-refractivity contribution in [3.63, 3.8) is 0 Å². The highest BCUT2D eigenvalue weighted by Gasteiger charge is 2.30. The zero-order valence-electron chi connectivity index (χ0n) is 10.1. The Morgan fingerprint density at radius 1 is 1.44 bits per heavy atom. The van der Waals surface area contributed by atoms with Gasteiger partial charge in [-0.1, -0.05) is 6.42 Å². The maximum Gasteiger partial charge on any atom is 0.140 e. The van der Waals surface area contributed by atoms with Crippen LogP contribution in [-0.2, 0) is 5.54 Å². The molecule has 0 aromatic carbocycles.